The van der Waals surface area contributed by atoms with Gasteiger partial charge in [-0.1, -0.05) is 84.4 Å². The number of carbonyl (C=O) groups is 3. The second kappa shape index (κ2) is 43.3. The van der Waals surface area contributed by atoms with E-state index in [2.05, 4.69) is 67.7 Å². The van der Waals surface area contributed by atoms with Gasteiger partial charge in [0.05, 0.1) is 87.4 Å². The van der Waals surface area contributed by atoms with Crippen LogP contribution in [-0.4, -0.2) is 421 Å². The van der Waals surface area contributed by atoms with Gasteiger partial charge in [-0.3, -0.25) is 4.79 Å². The van der Waals surface area contributed by atoms with E-state index in [0.29, 0.717) is 44.9 Å². The van der Waals surface area contributed by atoms with Crippen molar-refractivity contribution in [1.29, 1.82) is 0 Å². The van der Waals surface area contributed by atoms with Crippen LogP contribution < -0.4 is 0 Å². The Hall–Kier alpha value is -4.37. The first-order chi connectivity index (χ1) is 64.1. The van der Waals surface area contributed by atoms with Crippen molar-refractivity contribution in [3.05, 3.63) is 60.3 Å². The summed E-state index contributed by atoms with van der Waals surface area (Å²) in [5.41, 5.74) is -7.14. The number of fused-ring (bicyclic) bond motifs is 7. The molecule has 0 unspecified atom stereocenters. The van der Waals surface area contributed by atoms with Crippen LogP contribution in [0.2, 0.25) is 0 Å². The molecule has 0 aromatic rings. The lowest BCUT2D eigenvalue weighted by Gasteiger charge is -2.71. The standard InChI is InChI=1S/C94H148O43/c1-15-89(10,118)25-17-19-40(3)76(115)132-75-72(131-77(116)43(33-95)20-18-26-90(11,119)16-2)56(101)41(4)126-84(75)125-39-51-61(106)63(108)74(136-81-68(113)64(109)70(42(5)127-81)133-80-69(114)71(49(99)37-122-80)134-78-65(110)57(102)46(96)34-120-78)85(129-51)137-86(117)94-30-29-87(6,7)31-45(94)44-21-22-53-91(12)27-24-55(88(8,9)52(91)23-28-92(53,13)93(44,14)32-54(94)100)130-82-67(112)62(107)60(105)50(128-82)38-124-83-73(59(104)48(98)36-123-83)135-79-66(111)58(103)47(97)35-121-79/h15-16,19-21,41-42,45-75,78-85,95-114,118-119H,1-2,17-18,22-39H2,3-14H3/b40-19+,43-20?/t41-,42-,45+,46+,47+,48-,49+,50+,51+,52-,53+,54+,55-,56-,57-,58-,59-,60+,61+,62-,63-,64-,65+,66+,67+,68+,69+,70-,71-,72+,73+,74+,75+,78-,79-,80-,81-,82-,83-,84+,85-,89+,90+,91-,92+,93+,94+/m0/s1. The van der Waals surface area contributed by atoms with E-state index in [1.807, 2.05) is 0 Å². The van der Waals surface area contributed by atoms with E-state index in [0.717, 1.165) is 5.57 Å². The normalized spacial score (nSPS) is 48.3. The molecule has 43 heteroatoms. The molecule has 0 aromatic heterocycles. The molecule has 4 saturated carbocycles. The van der Waals surface area contributed by atoms with Crippen molar-refractivity contribution >= 4 is 17.9 Å². The number of ether oxygens (including phenoxy) is 18. The molecule has 5 aliphatic carbocycles. The van der Waals surface area contributed by atoms with Gasteiger partial charge in [-0.15, -0.1) is 13.2 Å². The molecule has 47 atom stereocenters. The van der Waals surface area contributed by atoms with Gasteiger partial charge in [0.1, 0.15) is 146 Å². The summed E-state index contributed by atoms with van der Waals surface area (Å²) in [6, 6.07) is 0. The fourth-order valence-corrected chi connectivity index (χ4v) is 23.4. The van der Waals surface area contributed by atoms with Gasteiger partial charge in [-0.25, -0.2) is 9.59 Å². The van der Waals surface area contributed by atoms with E-state index in [9.17, 15) is 122 Å². The van der Waals surface area contributed by atoms with Crippen LogP contribution in [0, 0.1) is 50.2 Å². The van der Waals surface area contributed by atoms with E-state index in [1.165, 1.54) is 58.9 Å². The Bertz CT molecular complexity index is 4190. The number of hydrogen-bond donors (Lipinski definition) is 22. The molecule has 0 radical (unpaired) electrons. The van der Waals surface area contributed by atoms with Gasteiger partial charge in [-0.2, -0.15) is 0 Å². The number of esters is 3. The summed E-state index contributed by atoms with van der Waals surface area (Å²) in [6.45, 7) is 24.9. The zero-order valence-electron chi connectivity index (χ0n) is 79.5. The summed E-state index contributed by atoms with van der Waals surface area (Å²) in [7, 11) is 0. The quantitative estimate of drug-likeness (QED) is 0.0104. The van der Waals surface area contributed by atoms with Gasteiger partial charge in [0, 0.05) is 5.57 Å². The van der Waals surface area contributed by atoms with Gasteiger partial charge in [0.2, 0.25) is 6.29 Å². The Morgan fingerprint density at radius 2 is 0.949 bits per heavy atom. The van der Waals surface area contributed by atoms with Crippen molar-refractivity contribution in [2.24, 2.45) is 50.2 Å². The number of allylic oxidation sites excluding steroid dienone is 4. The molecular weight excluding hydrogens is 1820 g/mol. The van der Waals surface area contributed by atoms with Crippen LogP contribution in [0.3, 0.4) is 0 Å². The molecule has 13 aliphatic rings. The first-order valence-corrected chi connectivity index (χ1v) is 47.7. The van der Waals surface area contributed by atoms with Crippen molar-refractivity contribution in [1.82, 2.24) is 0 Å². The smallest absolute Gasteiger partial charge is 0.336 e. The molecule has 137 heavy (non-hydrogen) atoms. The zero-order chi connectivity index (χ0) is 101. The van der Waals surface area contributed by atoms with Gasteiger partial charge >= 0.3 is 17.9 Å². The summed E-state index contributed by atoms with van der Waals surface area (Å²) in [6.07, 6.45) is -54.9. The maximum Gasteiger partial charge on any atom is 0.336 e. The molecule has 8 heterocycles. The molecule has 43 nitrogen and oxygen atoms in total. The zero-order valence-corrected chi connectivity index (χ0v) is 79.5. The summed E-state index contributed by atoms with van der Waals surface area (Å²) in [4.78, 5) is 45.0. The third-order valence-corrected chi connectivity index (χ3v) is 32.4. The van der Waals surface area contributed by atoms with E-state index in [1.54, 1.807) is 0 Å². The number of aliphatic hydroxyl groups excluding tert-OH is 20. The molecule has 0 spiro atoms. The third kappa shape index (κ3) is 22.1. The minimum atomic E-state index is -2.28. The Balaban J connectivity index is 0.767. The predicted octanol–water partition coefficient (Wildman–Crippen LogP) is -3.75. The van der Waals surface area contributed by atoms with E-state index < -0.39 is 347 Å². The molecule has 22 N–H and O–H groups in total. The Morgan fingerprint density at radius 1 is 0.460 bits per heavy atom. The van der Waals surface area contributed by atoms with Crippen molar-refractivity contribution in [2.45, 2.75) is 411 Å². The maximum absolute atomic E-state index is 16.6. The average molecular weight is 1970 g/mol. The van der Waals surface area contributed by atoms with Gasteiger partial charge in [0.25, 0.3) is 0 Å². The Labute approximate surface area is 794 Å². The lowest BCUT2D eigenvalue weighted by atomic mass is 9.33. The number of aliphatic hydroxyl groups is 22. The topological polar surface area (TPSA) is 662 Å². The molecule has 8 aliphatic heterocycles. The largest absolute Gasteiger partial charge is 0.452 e. The van der Waals surface area contributed by atoms with Crippen molar-refractivity contribution in [3.8, 4) is 0 Å². The van der Waals surface area contributed by atoms with Gasteiger partial charge in [0.15, 0.2) is 62.3 Å². The minimum Gasteiger partial charge on any atom is -0.452 e. The first kappa shape index (κ1) is 110. The van der Waals surface area contributed by atoms with E-state index >= 15 is 4.79 Å². The van der Waals surface area contributed by atoms with Crippen LogP contribution in [-0.2, 0) is 99.6 Å². The van der Waals surface area contributed by atoms with E-state index in [-0.39, 0.29) is 61.5 Å². The minimum absolute atomic E-state index is 0.00851. The van der Waals surface area contributed by atoms with Crippen LogP contribution in [0.15, 0.2) is 60.3 Å². The van der Waals surface area contributed by atoms with Crippen LogP contribution in [0.1, 0.15) is 167 Å². The second-order valence-corrected chi connectivity index (χ2v) is 42.6. The maximum atomic E-state index is 16.6. The van der Waals surface area contributed by atoms with Crippen LogP contribution in [0.5, 0.6) is 0 Å². The molecular formula is C94H148O43. The molecule has 12 fully saturated rings. The lowest BCUT2D eigenvalue weighted by molar-refractivity contribution is -0.381. The lowest BCUT2D eigenvalue weighted by Crippen LogP contribution is -2.69. The summed E-state index contributed by atoms with van der Waals surface area (Å²) < 4.78 is 109. The SMILES string of the molecule is C=C[C@@](C)(O)CCC=C(CO)C(=O)O[C@@H]1[C@@H](O)[C@H](C)O[C@@H](OC[C@H]2O[C@@H](OC(=O)[C@]34CCC(C)(C)C[C@@H]3C3=CC[C@@H]5[C@@]6(C)CC[C@H](O[C@@H]7O[C@H](CO[C@@H]8OC[C@H](O)[C@H](O)[C@H]8O[C@@H]8OC[C@@H](O)[C@H](O)[C@H]8O)[C@@H](O)[C@H](O)[C@H]7O)C(C)(C)[C@@H]6CC[C@@]5(C)[C@]3(C)C[C@H]4O)[C@H](O[C@@H]3O[C@@H](C)[C@H](O[C@@H]4OC[C@@H](O)[C@H](O[C@@H]5OC[C@@H](O)[C@H](O)[C@H]5O)[C@H]4O)[C@@H](O)[C@H]3O)[C@@H](O)[C@@H]2O)[C@@H]1OC(=O)/C(C)=C/CC[C@](C)(O)C=C. The second-order valence-electron chi connectivity index (χ2n) is 42.6. The third-order valence-electron chi connectivity index (χ3n) is 32.4. The Kier molecular flexibility index (Phi) is 34.8. The van der Waals surface area contributed by atoms with Crippen LogP contribution in [0.4, 0.5) is 0 Å². The highest BCUT2D eigenvalue weighted by Gasteiger charge is 2.73. The molecule has 782 valence electrons. The fraction of sp³-hybridized carbons (Fsp3) is 0.862. The monoisotopic (exact) mass is 1960 g/mol. The Morgan fingerprint density at radius 3 is 1.55 bits per heavy atom. The van der Waals surface area contributed by atoms with Crippen LogP contribution in [0.25, 0.3) is 0 Å². The molecule has 0 bridgehead atoms. The molecule has 0 amide bonds. The highest BCUT2D eigenvalue weighted by atomic mass is 16.8. The number of hydrogen-bond acceptors (Lipinski definition) is 43. The molecule has 13 rings (SSSR count). The average Bonchev–Trinajstić information content (AvgIpc) is 0.668. The fourth-order valence-electron chi connectivity index (χ4n) is 23.4. The summed E-state index contributed by atoms with van der Waals surface area (Å²) >= 11 is 0. The van der Waals surface area contributed by atoms with Crippen LogP contribution >= 0.6 is 0 Å². The molecule has 8 saturated heterocycles. The number of carbonyl (C=O) groups excluding carboxylic acids is 3. The number of rotatable bonds is 31. The van der Waals surface area contributed by atoms with Crippen molar-refractivity contribution in [3.63, 3.8) is 0 Å². The summed E-state index contributed by atoms with van der Waals surface area (Å²) in [5.74, 6) is -4.27. The highest BCUT2D eigenvalue weighted by molar-refractivity contribution is 5.89. The first-order valence-electron chi connectivity index (χ1n) is 47.7. The van der Waals surface area contributed by atoms with Crippen molar-refractivity contribution < 1.29 is 212 Å². The summed E-state index contributed by atoms with van der Waals surface area (Å²) in [5, 5.41) is 248. The van der Waals surface area contributed by atoms with E-state index in [4.69, 9.17) is 85.3 Å². The highest BCUT2D eigenvalue weighted by Crippen LogP contribution is 2.76. The van der Waals surface area contributed by atoms with Crippen molar-refractivity contribution in [2.75, 3.05) is 46.2 Å². The predicted molar refractivity (Wildman–Crippen MR) is 465 cm³/mol. The van der Waals surface area contributed by atoms with Gasteiger partial charge in [-0.05, 0) is 163 Å². The van der Waals surface area contributed by atoms with Gasteiger partial charge < -0.3 is 198 Å². The molecule has 0 aromatic carbocycles.